The molecular formula is C22H31N3O3. The van der Waals surface area contributed by atoms with Crippen LogP contribution in [0.15, 0.2) is 22.7 Å². The second kappa shape index (κ2) is 8.33. The Bertz CT molecular complexity index is 819. The summed E-state index contributed by atoms with van der Waals surface area (Å²) >= 11 is 0. The van der Waals surface area contributed by atoms with Crippen molar-refractivity contribution in [2.45, 2.75) is 64.7 Å². The Morgan fingerprint density at radius 2 is 2.11 bits per heavy atom. The Labute approximate surface area is 167 Å². The van der Waals surface area contributed by atoms with E-state index in [2.05, 4.69) is 27.6 Å². The molecule has 0 spiro atoms. The maximum absolute atomic E-state index is 12.5. The summed E-state index contributed by atoms with van der Waals surface area (Å²) in [6, 6.07) is 6.25. The third-order valence-electron chi connectivity index (χ3n) is 5.22. The number of hydrogen-bond acceptors (Lipinski definition) is 5. The summed E-state index contributed by atoms with van der Waals surface area (Å²) < 4.78 is 10.7. The first kappa shape index (κ1) is 20.4. The summed E-state index contributed by atoms with van der Waals surface area (Å²) in [7, 11) is 1.68. The Kier molecular flexibility index (Phi) is 6.06. The summed E-state index contributed by atoms with van der Waals surface area (Å²) in [4.78, 5) is 16.9. The summed E-state index contributed by atoms with van der Waals surface area (Å²) in [6.45, 7) is 8.66. The fourth-order valence-corrected chi connectivity index (χ4v) is 3.43. The van der Waals surface area contributed by atoms with Gasteiger partial charge in [-0.05, 0) is 48.8 Å². The van der Waals surface area contributed by atoms with Crippen molar-refractivity contribution >= 4 is 5.91 Å². The van der Waals surface area contributed by atoms with E-state index in [-0.39, 0.29) is 17.2 Å². The first-order chi connectivity index (χ1) is 13.3. The van der Waals surface area contributed by atoms with Gasteiger partial charge in [-0.1, -0.05) is 38.1 Å². The third kappa shape index (κ3) is 5.12. The molecule has 0 bridgehead atoms. The zero-order valence-corrected chi connectivity index (χ0v) is 17.5. The van der Waals surface area contributed by atoms with Gasteiger partial charge in [0.05, 0.1) is 7.11 Å². The standard InChI is InChI=1S/C22H31N3O3/c1-14-12-16(8-9-18(14)27-5)17(15-6-7-15)13-20(26)23-11-10-19-24-21(28-25-19)22(2,3)4/h8-9,12,15,17H,6-7,10-11,13H2,1-5H3,(H,23,26). The smallest absolute Gasteiger partial charge is 0.232 e. The van der Waals surface area contributed by atoms with Crippen LogP contribution in [0.4, 0.5) is 0 Å². The molecule has 1 atom stereocenters. The van der Waals surface area contributed by atoms with E-state index in [4.69, 9.17) is 9.26 Å². The van der Waals surface area contributed by atoms with Crippen LogP contribution in [-0.4, -0.2) is 29.7 Å². The Balaban J connectivity index is 1.54. The SMILES string of the molecule is COc1ccc(C(CC(=O)NCCc2noc(C(C)(C)C)n2)C2CC2)cc1C. The van der Waals surface area contributed by atoms with E-state index in [9.17, 15) is 4.79 Å². The quantitative estimate of drug-likeness (QED) is 0.745. The predicted molar refractivity (Wildman–Crippen MR) is 108 cm³/mol. The highest BCUT2D eigenvalue weighted by atomic mass is 16.5. The van der Waals surface area contributed by atoms with Crippen molar-refractivity contribution in [1.82, 2.24) is 15.5 Å². The van der Waals surface area contributed by atoms with Crippen LogP contribution in [0.3, 0.4) is 0 Å². The number of rotatable bonds is 8. The van der Waals surface area contributed by atoms with E-state index in [1.807, 2.05) is 33.8 Å². The number of nitrogens with zero attached hydrogens (tertiary/aromatic N) is 2. The number of benzene rings is 1. The molecule has 1 aliphatic rings. The van der Waals surface area contributed by atoms with Crippen LogP contribution < -0.4 is 10.1 Å². The molecule has 1 aliphatic carbocycles. The predicted octanol–water partition coefficient (Wildman–Crippen LogP) is 3.93. The number of amides is 1. The van der Waals surface area contributed by atoms with Crippen LogP contribution >= 0.6 is 0 Å². The first-order valence-electron chi connectivity index (χ1n) is 10.0. The van der Waals surface area contributed by atoms with Crippen LogP contribution in [0, 0.1) is 12.8 Å². The molecule has 28 heavy (non-hydrogen) atoms. The fourth-order valence-electron chi connectivity index (χ4n) is 3.43. The maximum atomic E-state index is 12.5. The molecule has 1 N–H and O–H groups in total. The number of aryl methyl sites for hydroxylation is 1. The lowest BCUT2D eigenvalue weighted by molar-refractivity contribution is -0.121. The first-order valence-corrected chi connectivity index (χ1v) is 10.0. The molecule has 1 unspecified atom stereocenters. The van der Waals surface area contributed by atoms with E-state index in [1.54, 1.807) is 7.11 Å². The lowest BCUT2D eigenvalue weighted by atomic mass is 9.89. The monoisotopic (exact) mass is 385 g/mol. The van der Waals surface area contributed by atoms with Gasteiger partial charge < -0.3 is 14.6 Å². The van der Waals surface area contributed by atoms with Crippen LogP contribution in [0.25, 0.3) is 0 Å². The second-order valence-electron chi connectivity index (χ2n) is 8.74. The van der Waals surface area contributed by atoms with Crippen LogP contribution in [0.1, 0.15) is 68.8 Å². The lowest BCUT2D eigenvalue weighted by Gasteiger charge is -2.18. The molecule has 0 saturated heterocycles. The molecular weight excluding hydrogens is 354 g/mol. The minimum Gasteiger partial charge on any atom is -0.496 e. The van der Waals surface area contributed by atoms with Gasteiger partial charge in [-0.3, -0.25) is 4.79 Å². The molecule has 1 amide bonds. The Morgan fingerprint density at radius 3 is 2.68 bits per heavy atom. The normalized spacial score (nSPS) is 15.3. The van der Waals surface area contributed by atoms with Gasteiger partial charge in [0.1, 0.15) is 5.75 Å². The van der Waals surface area contributed by atoms with Gasteiger partial charge >= 0.3 is 0 Å². The van der Waals surface area contributed by atoms with Crippen molar-refractivity contribution in [2.75, 3.05) is 13.7 Å². The van der Waals surface area contributed by atoms with Gasteiger partial charge in [0.15, 0.2) is 5.82 Å². The Morgan fingerprint density at radius 1 is 1.36 bits per heavy atom. The van der Waals surface area contributed by atoms with E-state index in [0.29, 0.717) is 37.0 Å². The van der Waals surface area contributed by atoms with Gasteiger partial charge in [-0.2, -0.15) is 4.98 Å². The van der Waals surface area contributed by atoms with Crippen molar-refractivity contribution in [3.05, 3.63) is 41.0 Å². The summed E-state index contributed by atoms with van der Waals surface area (Å²) in [5.74, 6) is 3.09. The third-order valence-corrected chi connectivity index (χ3v) is 5.22. The van der Waals surface area contributed by atoms with Crippen LogP contribution in [-0.2, 0) is 16.6 Å². The summed E-state index contributed by atoms with van der Waals surface area (Å²) in [5, 5.41) is 7.02. The highest BCUT2D eigenvalue weighted by Crippen LogP contribution is 2.45. The zero-order valence-electron chi connectivity index (χ0n) is 17.5. The number of methoxy groups -OCH3 is 1. The molecule has 1 saturated carbocycles. The number of nitrogens with one attached hydrogen (secondary N) is 1. The van der Waals surface area contributed by atoms with E-state index in [0.717, 1.165) is 11.3 Å². The van der Waals surface area contributed by atoms with Gasteiger partial charge in [0.2, 0.25) is 11.8 Å². The number of aromatic nitrogens is 2. The molecule has 152 valence electrons. The number of hydrogen-bond donors (Lipinski definition) is 1. The van der Waals surface area contributed by atoms with Crippen molar-refractivity contribution in [3.63, 3.8) is 0 Å². The van der Waals surface area contributed by atoms with Crippen molar-refractivity contribution < 1.29 is 14.1 Å². The largest absolute Gasteiger partial charge is 0.496 e. The second-order valence-corrected chi connectivity index (χ2v) is 8.74. The molecule has 1 aromatic heterocycles. The molecule has 2 aromatic rings. The van der Waals surface area contributed by atoms with Crippen LogP contribution in [0.2, 0.25) is 0 Å². The maximum Gasteiger partial charge on any atom is 0.232 e. The van der Waals surface area contributed by atoms with Gasteiger partial charge in [-0.15, -0.1) is 0 Å². The Hall–Kier alpha value is -2.37. The van der Waals surface area contributed by atoms with Crippen molar-refractivity contribution in [1.29, 1.82) is 0 Å². The van der Waals surface area contributed by atoms with Gasteiger partial charge in [0.25, 0.3) is 0 Å². The minimum absolute atomic E-state index is 0.0740. The average molecular weight is 386 g/mol. The van der Waals surface area contributed by atoms with E-state index < -0.39 is 0 Å². The van der Waals surface area contributed by atoms with Gasteiger partial charge in [-0.25, -0.2) is 0 Å². The van der Waals surface area contributed by atoms with E-state index >= 15 is 0 Å². The van der Waals surface area contributed by atoms with Crippen molar-refractivity contribution in [2.24, 2.45) is 5.92 Å². The summed E-state index contributed by atoms with van der Waals surface area (Å²) in [5.41, 5.74) is 2.17. The molecule has 1 heterocycles. The van der Waals surface area contributed by atoms with E-state index in [1.165, 1.54) is 18.4 Å². The molecule has 1 aromatic carbocycles. The zero-order chi connectivity index (χ0) is 20.3. The number of carbonyl (C=O) groups is 1. The van der Waals surface area contributed by atoms with Crippen molar-refractivity contribution in [3.8, 4) is 5.75 Å². The molecule has 3 rings (SSSR count). The summed E-state index contributed by atoms with van der Waals surface area (Å²) in [6.07, 6.45) is 3.47. The highest BCUT2D eigenvalue weighted by molar-refractivity contribution is 5.77. The number of ether oxygens (including phenoxy) is 1. The topological polar surface area (TPSA) is 77.2 Å². The van der Waals surface area contributed by atoms with Crippen LogP contribution in [0.5, 0.6) is 5.75 Å². The molecule has 6 nitrogen and oxygen atoms in total. The minimum atomic E-state index is -0.164. The highest BCUT2D eigenvalue weighted by Gasteiger charge is 2.34. The average Bonchev–Trinajstić information content (AvgIpc) is 3.36. The number of carbonyl (C=O) groups excluding carboxylic acids is 1. The van der Waals surface area contributed by atoms with Gasteiger partial charge in [0, 0.05) is 24.8 Å². The lowest BCUT2D eigenvalue weighted by Crippen LogP contribution is -2.28. The molecule has 0 aliphatic heterocycles. The molecule has 1 fully saturated rings. The molecule has 0 radical (unpaired) electrons. The molecule has 6 heteroatoms. The fraction of sp³-hybridized carbons (Fsp3) is 0.591.